The number of nitrogens with zero attached hydrogens (tertiary/aromatic N) is 1. The summed E-state index contributed by atoms with van der Waals surface area (Å²) in [4.78, 5) is 14.1. The fraction of sp³-hybridized carbons (Fsp3) is 0.933. The number of piperidine rings is 1. The van der Waals surface area contributed by atoms with E-state index in [1.165, 1.54) is 0 Å². The molecule has 2 unspecified atom stereocenters. The van der Waals surface area contributed by atoms with E-state index >= 15 is 0 Å². The summed E-state index contributed by atoms with van der Waals surface area (Å²) in [5.74, 6) is 0.507. The largest absolute Gasteiger partial charge is 0.393 e. The molecule has 1 aliphatic heterocycles. The lowest BCUT2D eigenvalue weighted by Crippen LogP contribution is -2.43. The van der Waals surface area contributed by atoms with Crippen molar-refractivity contribution >= 4 is 5.91 Å². The van der Waals surface area contributed by atoms with Crippen molar-refractivity contribution in [2.24, 2.45) is 17.1 Å². The molecule has 0 radical (unpaired) electrons. The number of rotatable bonds is 4. The Balaban J connectivity index is 2.35. The van der Waals surface area contributed by atoms with Gasteiger partial charge in [0.05, 0.1) is 6.10 Å². The zero-order valence-electron chi connectivity index (χ0n) is 12.9. The van der Waals surface area contributed by atoms with E-state index in [1.807, 2.05) is 11.8 Å². The number of aliphatic hydroxyl groups is 1. The fourth-order valence-corrected chi connectivity index (χ4v) is 2.84. The Morgan fingerprint density at radius 3 is 2.32 bits per heavy atom. The zero-order chi connectivity index (χ0) is 14.6. The van der Waals surface area contributed by atoms with Crippen LogP contribution in [0.25, 0.3) is 0 Å². The van der Waals surface area contributed by atoms with Crippen LogP contribution in [-0.4, -0.2) is 41.1 Å². The van der Waals surface area contributed by atoms with E-state index in [9.17, 15) is 9.90 Å². The molecule has 2 atom stereocenters. The minimum Gasteiger partial charge on any atom is -0.393 e. The van der Waals surface area contributed by atoms with Crippen molar-refractivity contribution in [1.82, 2.24) is 4.90 Å². The van der Waals surface area contributed by atoms with Gasteiger partial charge in [0.1, 0.15) is 0 Å². The minimum atomic E-state index is -0.264. The van der Waals surface area contributed by atoms with Crippen molar-refractivity contribution in [2.45, 2.75) is 65.5 Å². The van der Waals surface area contributed by atoms with Gasteiger partial charge in [-0.05, 0) is 37.5 Å². The maximum atomic E-state index is 12.2. The highest BCUT2D eigenvalue weighted by atomic mass is 16.3. The van der Waals surface area contributed by atoms with Crippen LogP contribution in [0.5, 0.6) is 0 Å². The molecule has 0 aromatic carbocycles. The summed E-state index contributed by atoms with van der Waals surface area (Å²) in [6.07, 6.45) is 2.84. The molecule has 0 aromatic heterocycles. The Hall–Kier alpha value is -0.610. The first-order chi connectivity index (χ1) is 8.69. The molecule has 0 bridgehead atoms. The van der Waals surface area contributed by atoms with Gasteiger partial charge in [-0.3, -0.25) is 4.79 Å². The third-order valence-corrected chi connectivity index (χ3v) is 3.89. The predicted octanol–water partition coefficient (Wildman–Crippen LogP) is 1.76. The number of likely N-dealkylation sites (tertiary alicyclic amines) is 1. The number of carbonyl (C=O) groups is 1. The molecule has 0 spiro atoms. The van der Waals surface area contributed by atoms with Crippen molar-refractivity contribution in [2.75, 3.05) is 13.1 Å². The Labute approximate surface area is 117 Å². The Bertz CT molecular complexity index is 289. The van der Waals surface area contributed by atoms with Crippen molar-refractivity contribution in [3.8, 4) is 0 Å². The van der Waals surface area contributed by atoms with E-state index in [1.54, 1.807) is 0 Å². The highest BCUT2D eigenvalue weighted by Crippen LogP contribution is 2.23. The van der Waals surface area contributed by atoms with Gasteiger partial charge in [-0.15, -0.1) is 0 Å². The molecule has 1 aliphatic rings. The number of amides is 1. The summed E-state index contributed by atoms with van der Waals surface area (Å²) in [5.41, 5.74) is 6.22. The van der Waals surface area contributed by atoms with E-state index < -0.39 is 0 Å². The van der Waals surface area contributed by atoms with Gasteiger partial charge in [0.25, 0.3) is 0 Å². The molecule has 112 valence electrons. The summed E-state index contributed by atoms with van der Waals surface area (Å²) >= 11 is 0. The molecule has 1 heterocycles. The molecule has 1 fully saturated rings. The standard InChI is InChI=1S/C15H30N2O2/c1-11(18)12-5-7-17(8-6-12)14(19)9-13(16)10-15(2,3)4/h11-13,18H,5-10,16H2,1-4H3. The molecule has 1 saturated heterocycles. The van der Waals surface area contributed by atoms with Gasteiger partial charge in [-0.1, -0.05) is 20.8 Å². The second-order valence-electron chi connectivity index (χ2n) is 7.19. The minimum absolute atomic E-state index is 0.0537. The molecule has 19 heavy (non-hydrogen) atoms. The van der Waals surface area contributed by atoms with Gasteiger partial charge in [-0.2, -0.15) is 0 Å². The Kier molecular flexibility index (Phi) is 5.81. The summed E-state index contributed by atoms with van der Waals surface area (Å²) < 4.78 is 0. The second-order valence-corrected chi connectivity index (χ2v) is 7.19. The van der Waals surface area contributed by atoms with Crippen LogP contribution in [0.4, 0.5) is 0 Å². The highest BCUT2D eigenvalue weighted by molar-refractivity contribution is 5.76. The average Bonchev–Trinajstić information content (AvgIpc) is 2.26. The third-order valence-electron chi connectivity index (χ3n) is 3.89. The van der Waals surface area contributed by atoms with Crippen LogP contribution in [0.2, 0.25) is 0 Å². The van der Waals surface area contributed by atoms with Crippen LogP contribution in [0.1, 0.15) is 53.4 Å². The quantitative estimate of drug-likeness (QED) is 0.818. The van der Waals surface area contributed by atoms with Crippen molar-refractivity contribution < 1.29 is 9.90 Å². The van der Waals surface area contributed by atoms with Crippen LogP contribution < -0.4 is 5.73 Å². The maximum Gasteiger partial charge on any atom is 0.224 e. The number of hydrogen-bond donors (Lipinski definition) is 2. The fourth-order valence-electron chi connectivity index (χ4n) is 2.84. The molecular weight excluding hydrogens is 240 g/mol. The molecule has 1 amide bonds. The Morgan fingerprint density at radius 2 is 1.89 bits per heavy atom. The van der Waals surface area contributed by atoms with E-state index in [2.05, 4.69) is 20.8 Å². The molecule has 0 aromatic rings. The highest BCUT2D eigenvalue weighted by Gasteiger charge is 2.27. The van der Waals surface area contributed by atoms with Crippen LogP contribution in [0.3, 0.4) is 0 Å². The lowest BCUT2D eigenvalue weighted by Gasteiger charge is -2.34. The summed E-state index contributed by atoms with van der Waals surface area (Å²) in [7, 11) is 0. The number of nitrogens with two attached hydrogens (primary N) is 1. The molecule has 4 heteroatoms. The molecule has 0 saturated carbocycles. The summed E-state index contributed by atoms with van der Waals surface area (Å²) in [6, 6.07) is -0.0537. The molecule has 4 nitrogen and oxygen atoms in total. The maximum absolute atomic E-state index is 12.2. The smallest absolute Gasteiger partial charge is 0.224 e. The topological polar surface area (TPSA) is 66.6 Å². The van der Waals surface area contributed by atoms with Gasteiger partial charge in [0, 0.05) is 25.6 Å². The lowest BCUT2D eigenvalue weighted by atomic mass is 9.87. The monoisotopic (exact) mass is 270 g/mol. The summed E-state index contributed by atoms with van der Waals surface area (Å²) in [6.45, 7) is 9.79. The van der Waals surface area contributed by atoms with E-state index in [-0.39, 0.29) is 23.5 Å². The van der Waals surface area contributed by atoms with Gasteiger partial charge in [-0.25, -0.2) is 0 Å². The van der Waals surface area contributed by atoms with E-state index in [4.69, 9.17) is 5.73 Å². The third kappa shape index (κ3) is 5.91. The predicted molar refractivity (Wildman–Crippen MR) is 77.6 cm³/mol. The first-order valence-corrected chi connectivity index (χ1v) is 7.40. The first kappa shape index (κ1) is 16.4. The first-order valence-electron chi connectivity index (χ1n) is 7.40. The number of carbonyl (C=O) groups excluding carboxylic acids is 1. The van der Waals surface area contributed by atoms with Gasteiger partial charge in [0.15, 0.2) is 0 Å². The number of hydrogen-bond acceptors (Lipinski definition) is 3. The normalized spacial score (nSPS) is 21.3. The number of aliphatic hydroxyl groups excluding tert-OH is 1. The second kappa shape index (κ2) is 6.71. The van der Waals surface area contributed by atoms with Gasteiger partial charge < -0.3 is 15.7 Å². The molecular formula is C15H30N2O2. The Morgan fingerprint density at radius 1 is 1.37 bits per heavy atom. The van der Waals surface area contributed by atoms with Crippen molar-refractivity contribution in [3.63, 3.8) is 0 Å². The zero-order valence-corrected chi connectivity index (χ0v) is 12.9. The van der Waals surface area contributed by atoms with Crippen LogP contribution in [0, 0.1) is 11.3 Å². The van der Waals surface area contributed by atoms with Crippen molar-refractivity contribution in [3.05, 3.63) is 0 Å². The molecule has 1 rings (SSSR count). The van der Waals surface area contributed by atoms with Crippen LogP contribution >= 0.6 is 0 Å². The van der Waals surface area contributed by atoms with E-state index in [0.717, 1.165) is 32.4 Å². The van der Waals surface area contributed by atoms with E-state index in [0.29, 0.717) is 12.3 Å². The van der Waals surface area contributed by atoms with Crippen LogP contribution in [0.15, 0.2) is 0 Å². The molecule has 0 aliphatic carbocycles. The summed E-state index contributed by atoms with van der Waals surface area (Å²) in [5, 5.41) is 9.55. The van der Waals surface area contributed by atoms with Crippen molar-refractivity contribution in [1.29, 1.82) is 0 Å². The molecule has 3 N–H and O–H groups in total. The van der Waals surface area contributed by atoms with Gasteiger partial charge >= 0.3 is 0 Å². The van der Waals surface area contributed by atoms with Crippen LogP contribution in [-0.2, 0) is 4.79 Å². The van der Waals surface area contributed by atoms with Gasteiger partial charge in [0.2, 0.25) is 5.91 Å². The average molecular weight is 270 g/mol. The SMILES string of the molecule is CC(O)C1CCN(C(=O)CC(N)CC(C)(C)C)CC1. The lowest BCUT2D eigenvalue weighted by molar-refractivity contribution is -0.133.